The second-order valence-corrected chi connectivity index (χ2v) is 7.10. The van der Waals surface area contributed by atoms with Crippen LogP contribution in [0.1, 0.15) is 27.3 Å². The van der Waals surface area contributed by atoms with Gasteiger partial charge in [-0.05, 0) is 30.3 Å². The summed E-state index contributed by atoms with van der Waals surface area (Å²) in [5.41, 5.74) is -0.618. The summed E-state index contributed by atoms with van der Waals surface area (Å²) in [5.74, 6) is -3.76. The van der Waals surface area contributed by atoms with Crippen LogP contribution in [-0.2, 0) is 14.8 Å². The lowest BCUT2D eigenvalue weighted by Gasteiger charge is -2.10. The quantitative estimate of drug-likeness (QED) is 0.414. The number of carboxylic acids is 2. The van der Waals surface area contributed by atoms with Crippen LogP contribution in [0.4, 0.5) is 5.69 Å². The van der Waals surface area contributed by atoms with E-state index in [4.69, 9.17) is 10.2 Å². The highest BCUT2D eigenvalue weighted by atomic mass is 32.2. The van der Waals surface area contributed by atoms with Gasteiger partial charge in [0, 0.05) is 6.54 Å². The molecule has 0 aliphatic rings. The maximum Gasteiger partial charge on any atom is 0.339 e. The number of aromatic carboxylic acids is 1. The van der Waals surface area contributed by atoms with Gasteiger partial charge in [-0.1, -0.05) is 0 Å². The third-order valence-electron chi connectivity index (χ3n) is 3.38. The Kier molecular flexibility index (Phi) is 6.15. The molecule has 2 aromatic rings. The molecular weight excluding hydrogens is 394 g/mol. The summed E-state index contributed by atoms with van der Waals surface area (Å²) >= 11 is 0. The Morgan fingerprint density at radius 1 is 1.07 bits per heavy atom. The van der Waals surface area contributed by atoms with Gasteiger partial charge in [0.2, 0.25) is 0 Å². The van der Waals surface area contributed by atoms with Gasteiger partial charge in [0.15, 0.2) is 0 Å². The number of aromatic hydroxyl groups is 1. The minimum absolute atomic E-state index is 0.00651. The van der Waals surface area contributed by atoms with E-state index in [1.54, 1.807) is 0 Å². The summed E-state index contributed by atoms with van der Waals surface area (Å²) in [7, 11) is -4.17. The first kappa shape index (κ1) is 20.6. The van der Waals surface area contributed by atoms with Gasteiger partial charge in [-0.25, -0.2) is 18.2 Å². The van der Waals surface area contributed by atoms with Gasteiger partial charge in [0.25, 0.3) is 15.9 Å². The number of aromatic nitrogens is 1. The number of hydrogen-bond donors (Lipinski definition) is 5. The van der Waals surface area contributed by atoms with E-state index in [1.807, 2.05) is 0 Å². The second kappa shape index (κ2) is 8.35. The van der Waals surface area contributed by atoms with Crippen molar-refractivity contribution in [3.05, 3.63) is 47.8 Å². The lowest BCUT2D eigenvalue weighted by atomic mass is 10.2. The molecule has 0 saturated carbocycles. The highest BCUT2D eigenvalue weighted by molar-refractivity contribution is 7.92. The van der Waals surface area contributed by atoms with Crippen LogP contribution in [0.2, 0.25) is 0 Å². The van der Waals surface area contributed by atoms with Gasteiger partial charge in [-0.3, -0.25) is 14.3 Å². The van der Waals surface area contributed by atoms with E-state index in [0.29, 0.717) is 0 Å². The normalized spacial score (nSPS) is 10.9. The summed E-state index contributed by atoms with van der Waals surface area (Å²) < 4.78 is 26.9. The number of nitrogens with one attached hydrogen (secondary N) is 2. The zero-order chi connectivity index (χ0) is 20.9. The van der Waals surface area contributed by atoms with E-state index in [9.17, 15) is 27.9 Å². The summed E-state index contributed by atoms with van der Waals surface area (Å²) in [6.07, 6.45) is 0.816. The fraction of sp³-hybridized carbons (Fsp3) is 0.125. The summed E-state index contributed by atoms with van der Waals surface area (Å²) in [6, 6.07) is 5.27. The molecule has 5 N–H and O–H groups in total. The second-order valence-electron chi connectivity index (χ2n) is 5.42. The van der Waals surface area contributed by atoms with Crippen LogP contribution >= 0.6 is 0 Å². The SMILES string of the molecule is O=C(O)CCNC(=O)c1ccc(NS(=O)(=O)c2ccc(O)c(C(=O)O)c2)cn1. The molecule has 1 heterocycles. The Balaban J connectivity index is 2.13. The molecule has 1 amide bonds. The maximum absolute atomic E-state index is 12.4. The van der Waals surface area contributed by atoms with Crippen molar-refractivity contribution in [2.45, 2.75) is 11.3 Å². The number of sulfonamides is 1. The Bertz CT molecular complexity index is 1020. The fourth-order valence-electron chi connectivity index (χ4n) is 2.03. The molecule has 1 aromatic carbocycles. The number of pyridine rings is 1. The number of nitrogens with zero attached hydrogens (tertiary/aromatic N) is 1. The Morgan fingerprint density at radius 2 is 1.79 bits per heavy atom. The first-order chi connectivity index (χ1) is 13.1. The van der Waals surface area contributed by atoms with Gasteiger partial charge in [-0.2, -0.15) is 0 Å². The molecule has 0 aliphatic heterocycles. The minimum Gasteiger partial charge on any atom is -0.507 e. The number of phenols is 1. The summed E-state index contributed by atoms with van der Waals surface area (Å²) in [5, 5.41) is 29.3. The molecule has 0 spiro atoms. The van der Waals surface area contributed by atoms with Crippen LogP contribution in [0, 0.1) is 0 Å². The van der Waals surface area contributed by atoms with Crippen LogP contribution in [0.5, 0.6) is 5.75 Å². The number of aliphatic carboxylic acids is 1. The number of amides is 1. The van der Waals surface area contributed by atoms with Crippen LogP contribution in [0.3, 0.4) is 0 Å². The zero-order valence-electron chi connectivity index (χ0n) is 14.1. The van der Waals surface area contributed by atoms with Gasteiger partial charge < -0.3 is 20.6 Å². The predicted molar refractivity (Wildman–Crippen MR) is 94.7 cm³/mol. The molecule has 0 bridgehead atoms. The fourth-order valence-corrected chi connectivity index (χ4v) is 3.10. The number of carbonyl (C=O) groups excluding carboxylic acids is 1. The molecule has 0 fully saturated rings. The molecule has 12 heteroatoms. The number of carboxylic acid groups (broad SMARTS) is 2. The van der Waals surface area contributed by atoms with Crippen LogP contribution in [-0.4, -0.2) is 53.1 Å². The van der Waals surface area contributed by atoms with E-state index in [2.05, 4.69) is 15.0 Å². The molecule has 1 aromatic heterocycles. The van der Waals surface area contributed by atoms with Crippen molar-refractivity contribution < 1.29 is 38.1 Å². The van der Waals surface area contributed by atoms with Gasteiger partial charge in [0.05, 0.1) is 23.2 Å². The monoisotopic (exact) mass is 409 g/mol. The van der Waals surface area contributed by atoms with E-state index in [1.165, 1.54) is 12.1 Å². The molecule has 0 atom stereocenters. The molecular formula is C16H15N3O8S. The van der Waals surface area contributed by atoms with Crippen molar-refractivity contribution in [3.63, 3.8) is 0 Å². The van der Waals surface area contributed by atoms with Gasteiger partial charge >= 0.3 is 11.9 Å². The third-order valence-corrected chi connectivity index (χ3v) is 4.76. The van der Waals surface area contributed by atoms with Gasteiger partial charge in [-0.15, -0.1) is 0 Å². The lowest BCUT2D eigenvalue weighted by Crippen LogP contribution is -2.26. The van der Waals surface area contributed by atoms with Crippen molar-refractivity contribution in [1.82, 2.24) is 10.3 Å². The van der Waals surface area contributed by atoms with Crippen molar-refractivity contribution in [1.29, 1.82) is 0 Å². The minimum atomic E-state index is -4.17. The zero-order valence-corrected chi connectivity index (χ0v) is 14.9. The molecule has 0 radical (unpaired) electrons. The number of rotatable bonds is 8. The highest BCUT2D eigenvalue weighted by Gasteiger charge is 2.19. The maximum atomic E-state index is 12.4. The van der Waals surface area contributed by atoms with E-state index < -0.39 is 44.1 Å². The number of hydrogen-bond acceptors (Lipinski definition) is 7. The topological polar surface area (TPSA) is 183 Å². The average Bonchev–Trinajstić information content (AvgIpc) is 2.61. The molecule has 0 aliphatic carbocycles. The third kappa shape index (κ3) is 5.17. The predicted octanol–water partition coefficient (Wildman–Crippen LogP) is 0.491. The van der Waals surface area contributed by atoms with Crippen molar-refractivity contribution >= 4 is 33.6 Å². The number of benzene rings is 1. The van der Waals surface area contributed by atoms with E-state index in [-0.39, 0.29) is 24.3 Å². The van der Waals surface area contributed by atoms with E-state index >= 15 is 0 Å². The largest absolute Gasteiger partial charge is 0.507 e. The molecule has 11 nitrogen and oxygen atoms in total. The first-order valence-corrected chi connectivity index (χ1v) is 9.13. The smallest absolute Gasteiger partial charge is 0.339 e. The molecule has 2 rings (SSSR count). The number of anilines is 1. The summed E-state index contributed by atoms with van der Waals surface area (Å²) in [4.78, 5) is 36.6. The Labute approximate surface area is 158 Å². The van der Waals surface area contributed by atoms with Crippen LogP contribution in [0.25, 0.3) is 0 Å². The Hall–Kier alpha value is -3.67. The molecule has 0 saturated heterocycles. The highest BCUT2D eigenvalue weighted by Crippen LogP contribution is 2.23. The van der Waals surface area contributed by atoms with Crippen LogP contribution < -0.4 is 10.0 Å². The molecule has 28 heavy (non-hydrogen) atoms. The average molecular weight is 409 g/mol. The van der Waals surface area contributed by atoms with Gasteiger partial charge in [0.1, 0.15) is 17.0 Å². The van der Waals surface area contributed by atoms with Crippen molar-refractivity contribution in [2.75, 3.05) is 11.3 Å². The molecule has 0 unspecified atom stereocenters. The summed E-state index contributed by atoms with van der Waals surface area (Å²) in [6.45, 7) is -0.0863. The lowest BCUT2D eigenvalue weighted by molar-refractivity contribution is -0.136. The van der Waals surface area contributed by atoms with Crippen molar-refractivity contribution in [3.8, 4) is 5.75 Å². The standard InChI is InChI=1S/C16H15N3O8S/c20-13-4-2-10(7-11(13)16(24)25)28(26,27)19-9-1-3-12(18-8-9)15(23)17-6-5-14(21)22/h1-4,7-8,19-20H,5-6H2,(H,17,23)(H,21,22)(H,24,25). The van der Waals surface area contributed by atoms with Crippen LogP contribution in [0.15, 0.2) is 41.4 Å². The number of carbonyl (C=O) groups is 3. The van der Waals surface area contributed by atoms with Crippen molar-refractivity contribution in [2.24, 2.45) is 0 Å². The first-order valence-electron chi connectivity index (χ1n) is 7.65. The van der Waals surface area contributed by atoms with E-state index in [0.717, 1.165) is 24.4 Å². The Morgan fingerprint density at radius 3 is 2.36 bits per heavy atom. The molecule has 148 valence electrons.